The molecule has 1 aliphatic heterocycles. The molecule has 4 aromatic rings. The van der Waals surface area contributed by atoms with E-state index in [0.717, 1.165) is 12.0 Å². The van der Waals surface area contributed by atoms with Crippen LogP contribution in [0.4, 0.5) is 27.9 Å². The summed E-state index contributed by atoms with van der Waals surface area (Å²) in [5.74, 6) is -4.99. The first-order valence-electron chi connectivity index (χ1n) is 9.80. The maximum Gasteiger partial charge on any atom is 0.419 e. The van der Waals surface area contributed by atoms with Gasteiger partial charge in [-0.05, 0) is 29.7 Å². The topological polar surface area (TPSA) is 80.0 Å². The third kappa shape index (κ3) is 3.41. The molecule has 0 bridgehead atoms. The molecule has 0 saturated carbocycles. The van der Waals surface area contributed by atoms with Crippen LogP contribution < -0.4 is 4.90 Å². The van der Waals surface area contributed by atoms with Gasteiger partial charge in [0.25, 0.3) is 0 Å². The van der Waals surface area contributed by atoms with Crippen molar-refractivity contribution in [2.45, 2.75) is 19.1 Å². The Balaban J connectivity index is 1.60. The van der Waals surface area contributed by atoms with E-state index in [1.807, 2.05) is 11.0 Å². The minimum atomic E-state index is -5.14. The lowest BCUT2D eigenvalue weighted by Crippen LogP contribution is -2.31. The summed E-state index contributed by atoms with van der Waals surface area (Å²) in [7, 11) is 1.49. The molecule has 0 spiro atoms. The minimum Gasteiger partial charge on any atom is -0.503 e. The minimum absolute atomic E-state index is 0.151. The zero-order chi connectivity index (χ0) is 23.5. The van der Waals surface area contributed by atoms with Crippen molar-refractivity contribution in [3.8, 4) is 17.0 Å². The van der Waals surface area contributed by atoms with Crippen molar-refractivity contribution in [1.82, 2.24) is 24.7 Å². The van der Waals surface area contributed by atoms with Crippen molar-refractivity contribution in [2.24, 2.45) is 7.05 Å². The lowest BCUT2D eigenvalue weighted by Gasteiger charge is -2.28. The van der Waals surface area contributed by atoms with Gasteiger partial charge in [-0.3, -0.25) is 4.98 Å². The van der Waals surface area contributed by atoms with Gasteiger partial charge in [-0.25, -0.2) is 18.4 Å². The quantitative estimate of drug-likeness (QED) is 0.454. The molecule has 0 atom stereocenters. The third-order valence-electron chi connectivity index (χ3n) is 5.61. The number of phenols is 1. The molecule has 0 saturated heterocycles. The fourth-order valence-electron chi connectivity index (χ4n) is 3.93. The lowest BCUT2D eigenvalue weighted by molar-refractivity contribution is -0.140. The monoisotopic (exact) mass is 462 g/mol. The van der Waals surface area contributed by atoms with Crippen LogP contribution in [0, 0.1) is 11.6 Å². The number of hydrogen-bond acceptors (Lipinski definition) is 6. The number of aromatic nitrogens is 5. The zero-order valence-electron chi connectivity index (χ0n) is 17.0. The molecule has 1 aromatic carbocycles. The molecule has 3 aromatic heterocycles. The number of hydrogen-bond donors (Lipinski definition) is 1. The van der Waals surface area contributed by atoms with Crippen LogP contribution in [-0.4, -0.2) is 36.4 Å². The molecule has 170 valence electrons. The maximum absolute atomic E-state index is 14.6. The van der Waals surface area contributed by atoms with E-state index < -0.39 is 34.7 Å². The summed E-state index contributed by atoms with van der Waals surface area (Å²) in [5.41, 5.74) is -0.303. The number of phenolic OH excluding ortho intramolecular Hbond substituents is 1. The molecule has 4 heterocycles. The van der Waals surface area contributed by atoms with Gasteiger partial charge in [0.2, 0.25) is 5.95 Å². The predicted octanol–water partition coefficient (Wildman–Crippen LogP) is 3.99. The largest absolute Gasteiger partial charge is 0.503 e. The third-order valence-corrected chi connectivity index (χ3v) is 5.61. The Morgan fingerprint density at radius 3 is 2.64 bits per heavy atom. The van der Waals surface area contributed by atoms with E-state index in [2.05, 4.69) is 20.1 Å². The maximum atomic E-state index is 14.6. The Hall–Kier alpha value is -3.83. The van der Waals surface area contributed by atoms with E-state index in [0.29, 0.717) is 19.0 Å². The van der Waals surface area contributed by atoms with E-state index in [4.69, 9.17) is 0 Å². The van der Waals surface area contributed by atoms with E-state index >= 15 is 0 Å². The van der Waals surface area contributed by atoms with E-state index in [9.17, 15) is 27.1 Å². The Morgan fingerprint density at radius 2 is 1.88 bits per heavy atom. The predicted molar refractivity (Wildman–Crippen MR) is 107 cm³/mol. The van der Waals surface area contributed by atoms with E-state index in [1.54, 1.807) is 12.4 Å². The highest BCUT2D eigenvalue weighted by atomic mass is 19.4. The Labute approximate surface area is 183 Å². The van der Waals surface area contributed by atoms with Crippen LogP contribution in [0.2, 0.25) is 0 Å². The molecule has 7 nitrogen and oxygen atoms in total. The number of rotatable bonds is 2. The second-order valence-electron chi connectivity index (χ2n) is 7.64. The van der Waals surface area contributed by atoms with E-state index in [-0.39, 0.29) is 22.8 Å². The summed E-state index contributed by atoms with van der Waals surface area (Å²) in [5, 5.41) is 13.9. The SMILES string of the molecule is Cn1nc(-c2cc(C(F)(F)F)c(F)c(O)c2F)c2cnc(N3CCc4ccncc4C3)nc21. The second kappa shape index (κ2) is 7.36. The number of halogens is 5. The van der Waals surface area contributed by atoms with Gasteiger partial charge < -0.3 is 10.0 Å². The molecule has 0 unspecified atom stereocenters. The lowest BCUT2D eigenvalue weighted by atomic mass is 10.0. The first-order chi connectivity index (χ1) is 15.6. The highest BCUT2D eigenvalue weighted by molar-refractivity contribution is 5.91. The van der Waals surface area contributed by atoms with Crippen LogP contribution in [0.3, 0.4) is 0 Å². The number of alkyl halides is 3. The van der Waals surface area contributed by atoms with Crippen molar-refractivity contribution in [3.63, 3.8) is 0 Å². The highest BCUT2D eigenvalue weighted by Gasteiger charge is 2.38. The molecule has 0 amide bonds. The molecular weight excluding hydrogens is 447 g/mol. The molecule has 33 heavy (non-hydrogen) atoms. The average Bonchev–Trinajstić information content (AvgIpc) is 3.12. The molecule has 0 fully saturated rings. The van der Waals surface area contributed by atoms with Crippen molar-refractivity contribution in [3.05, 3.63) is 59.0 Å². The Kier molecular flexibility index (Phi) is 4.69. The van der Waals surface area contributed by atoms with Crippen molar-refractivity contribution >= 4 is 17.0 Å². The van der Waals surface area contributed by atoms with E-state index in [1.165, 1.54) is 23.5 Å². The van der Waals surface area contributed by atoms with Crippen LogP contribution in [0.15, 0.2) is 30.7 Å². The number of fused-ring (bicyclic) bond motifs is 2. The van der Waals surface area contributed by atoms with Crippen molar-refractivity contribution in [2.75, 3.05) is 11.4 Å². The van der Waals surface area contributed by atoms with Crippen LogP contribution in [0.1, 0.15) is 16.7 Å². The molecule has 12 heteroatoms. The van der Waals surface area contributed by atoms with Crippen molar-refractivity contribution < 1.29 is 27.1 Å². The van der Waals surface area contributed by atoms with Gasteiger partial charge in [-0.2, -0.15) is 23.3 Å². The smallest absolute Gasteiger partial charge is 0.419 e. The van der Waals surface area contributed by atoms with Crippen LogP contribution in [0.25, 0.3) is 22.3 Å². The van der Waals surface area contributed by atoms with Gasteiger partial charge in [0.15, 0.2) is 23.0 Å². The van der Waals surface area contributed by atoms with Gasteiger partial charge in [-0.1, -0.05) is 0 Å². The summed E-state index contributed by atoms with van der Waals surface area (Å²) in [4.78, 5) is 14.8. The average molecular weight is 462 g/mol. The molecular formula is C21H15F5N6O. The van der Waals surface area contributed by atoms with Gasteiger partial charge in [0, 0.05) is 44.3 Å². The van der Waals surface area contributed by atoms with Crippen LogP contribution in [0.5, 0.6) is 5.75 Å². The van der Waals surface area contributed by atoms with Crippen LogP contribution >= 0.6 is 0 Å². The molecule has 1 N–H and O–H groups in total. The second-order valence-corrected chi connectivity index (χ2v) is 7.64. The zero-order valence-corrected chi connectivity index (χ0v) is 17.0. The number of aryl methyl sites for hydroxylation is 1. The number of pyridine rings is 1. The van der Waals surface area contributed by atoms with Gasteiger partial charge in [-0.15, -0.1) is 0 Å². The molecule has 0 radical (unpaired) electrons. The van der Waals surface area contributed by atoms with Gasteiger partial charge in [0.1, 0.15) is 5.69 Å². The first kappa shape index (κ1) is 21.0. The Morgan fingerprint density at radius 1 is 1.09 bits per heavy atom. The van der Waals surface area contributed by atoms with Crippen molar-refractivity contribution in [1.29, 1.82) is 0 Å². The summed E-state index contributed by atoms with van der Waals surface area (Å²) in [6.07, 6.45) is 0.439. The fourth-order valence-corrected chi connectivity index (χ4v) is 3.93. The summed E-state index contributed by atoms with van der Waals surface area (Å²) >= 11 is 0. The first-order valence-corrected chi connectivity index (χ1v) is 9.80. The summed E-state index contributed by atoms with van der Waals surface area (Å²) < 4.78 is 69.4. The number of anilines is 1. The highest BCUT2D eigenvalue weighted by Crippen LogP contribution is 2.41. The van der Waals surface area contributed by atoms with Crippen LogP contribution in [-0.2, 0) is 26.2 Å². The molecule has 5 rings (SSSR count). The number of aromatic hydroxyl groups is 1. The summed E-state index contributed by atoms with van der Waals surface area (Å²) in [6, 6.07) is 2.24. The molecule has 0 aliphatic carbocycles. The van der Waals surface area contributed by atoms with Gasteiger partial charge >= 0.3 is 6.18 Å². The number of nitrogens with zero attached hydrogens (tertiary/aromatic N) is 6. The van der Waals surface area contributed by atoms with Gasteiger partial charge in [0.05, 0.1) is 10.9 Å². The summed E-state index contributed by atoms with van der Waals surface area (Å²) in [6.45, 7) is 1.16. The normalized spacial score (nSPS) is 14.1. The fraction of sp³-hybridized carbons (Fsp3) is 0.238. The number of benzene rings is 1. The molecule has 1 aliphatic rings. The standard InChI is InChI=1S/C21H15F5N6O/c1-31-19-13(8-28-20(29-19)32-5-3-10-2-4-27-7-11(10)9-32)17(30-31)12-6-14(21(24,25)26)16(23)18(33)15(12)22/h2,4,6-8,33H,3,5,9H2,1H3. The Bertz CT molecular complexity index is 1400.